The zero-order valence-electron chi connectivity index (χ0n) is 18.7. The second-order valence-corrected chi connectivity index (χ2v) is 8.62. The maximum atomic E-state index is 13.1. The second kappa shape index (κ2) is 9.62. The number of methoxy groups -OCH3 is 1. The summed E-state index contributed by atoms with van der Waals surface area (Å²) in [4.78, 5) is 21.9. The van der Waals surface area contributed by atoms with Crippen molar-refractivity contribution in [3.63, 3.8) is 0 Å². The van der Waals surface area contributed by atoms with Crippen molar-refractivity contribution < 1.29 is 19.0 Å². The largest absolute Gasteiger partial charge is 0.481 e. The quantitative estimate of drug-likeness (QED) is 0.566. The zero-order valence-corrected chi connectivity index (χ0v) is 18.7. The number of aromatic nitrogens is 2. The van der Waals surface area contributed by atoms with Crippen LogP contribution in [0.4, 0.5) is 5.69 Å². The molecule has 8 nitrogen and oxygen atoms in total. The summed E-state index contributed by atoms with van der Waals surface area (Å²) in [5, 5.41) is 6.64. The summed E-state index contributed by atoms with van der Waals surface area (Å²) in [6, 6.07) is 11.4. The van der Waals surface area contributed by atoms with Crippen LogP contribution in [0.25, 0.3) is 11.0 Å². The first-order chi connectivity index (χ1) is 16.2. The Morgan fingerprint density at radius 2 is 2.06 bits per heavy atom. The van der Waals surface area contributed by atoms with Gasteiger partial charge in [-0.2, -0.15) is 0 Å². The number of pyridine rings is 2. The standard InChI is InChI=1S/C25H28N4O4/c1-31-23-8-6-19-24(29-23)20(9-10-27-19)28-25(30)18-4-2-3-16(11-18)13-26-14-17-5-7-21-22(12-17)33-15-32-21/h5-10,12,16,18,26H,2-4,11,13-15H2,1H3,(H,27,28,30). The summed E-state index contributed by atoms with van der Waals surface area (Å²) in [6.45, 7) is 1.94. The highest BCUT2D eigenvalue weighted by atomic mass is 16.7. The third kappa shape index (κ3) is 4.85. The van der Waals surface area contributed by atoms with E-state index >= 15 is 0 Å². The van der Waals surface area contributed by atoms with Gasteiger partial charge in [-0.25, -0.2) is 4.98 Å². The smallest absolute Gasteiger partial charge is 0.231 e. The van der Waals surface area contributed by atoms with E-state index in [1.165, 1.54) is 0 Å². The van der Waals surface area contributed by atoms with Gasteiger partial charge in [0.05, 0.1) is 18.3 Å². The lowest BCUT2D eigenvalue weighted by atomic mass is 9.81. The minimum Gasteiger partial charge on any atom is -0.481 e. The van der Waals surface area contributed by atoms with Crippen LogP contribution in [0.1, 0.15) is 31.2 Å². The van der Waals surface area contributed by atoms with Crippen LogP contribution in [0.5, 0.6) is 17.4 Å². The van der Waals surface area contributed by atoms with Crippen molar-refractivity contribution in [1.82, 2.24) is 15.3 Å². The van der Waals surface area contributed by atoms with Crippen LogP contribution in [0, 0.1) is 11.8 Å². The number of carbonyl (C=O) groups is 1. The topological polar surface area (TPSA) is 94.6 Å². The lowest BCUT2D eigenvalue weighted by Crippen LogP contribution is -2.32. The molecule has 0 spiro atoms. The highest BCUT2D eigenvalue weighted by molar-refractivity contribution is 6.00. The number of rotatable bonds is 7. The van der Waals surface area contributed by atoms with Gasteiger partial charge < -0.3 is 24.8 Å². The van der Waals surface area contributed by atoms with Gasteiger partial charge in [-0.1, -0.05) is 12.5 Å². The van der Waals surface area contributed by atoms with Crippen LogP contribution in [-0.2, 0) is 11.3 Å². The second-order valence-electron chi connectivity index (χ2n) is 8.62. The minimum atomic E-state index is -0.00934. The van der Waals surface area contributed by atoms with E-state index in [9.17, 15) is 4.79 Å². The number of amides is 1. The van der Waals surface area contributed by atoms with Gasteiger partial charge in [0.25, 0.3) is 0 Å². The van der Waals surface area contributed by atoms with Crippen LogP contribution < -0.4 is 24.8 Å². The van der Waals surface area contributed by atoms with E-state index in [1.54, 1.807) is 25.4 Å². The Balaban J connectivity index is 1.17. The van der Waals surface area contributed by atoms with Gasteiger partial charge in [0.1, 0.15) is 5.52 Å². The fraction of sp³-hybridized carbons (Fsp3) is 0.400. The maximum absolute atomic E-state index is 13.1. The number of hydrogen-bond donors (Lipinski definition) is 2. The molecule has 1 aliphatic carbocycles. The molecule has 1 aromatic carbocycles. The molecule has 1 aliphatic heterocycles. The molecule has 0 radical (unpaired) electrons. The monoisotopic (exact) mass is 448 g/mol. The van der Waals surface area contributed by atoms with Gasteiger partial charge in [-0.15, -0.1) is 0 Å². The first-order valence-electron chi connectivity index (χ1n) is 11.4. The molecule has 2 N–H and O–H groups in total. The molecular weight excluding hydrogens is 420 g/mol. The summed E-state index contributed by atoms with van der Waals surface area (Å²) in [5.41, 5.74) is 3.20. The fourth-order valence-electron chi connectivity index (χ4n) is 4.64. The van der Waals surface area contributed by atoms with Crippen molar-refractivity contribution in [2.24, 2.45) is 11.8 Å². The molecule has 33 heavy (non-hydrogen) atoms. The Morgan fingerprint density at radius 3 is 2.97 bits per heavy atom. The first kappa shape index (κ1) is 21.5. The zero-order chi connectivity index (χ0) is 22.6. The number of ether oxygens (including phenoxy) is 3. The van der Waals surface area contributed by atoms with Crippen molar-refractivity contribution in [1.29, 1.82) is 0 Å². The van der Waals surface area contributed by atoms with Crippen molar-refractivity contribution in [2.45, 2.75) is 32.2 Å². The molecule has 3 heterocycles. The normalized spacial score (nSPS) is 19.4. The molecule has 8 heteroatoms. The van der Waals surface area contributed by atoms with Crippen LogP contribution in [0.2, 0.25) is 0 Å². The Labute approximate surface area is 192 Å². The summed E-state index contributed by atoms with van der Waals surface area (Å²) in [5.74, 6) is 2.61. The molecule has 2 atom stereocenters. The third-order valence-electron chi connectivity index (χ3n) is 6.38. The third-order valence-corrected chi connectivity index (χ3v) is 6.38. The molecule has 2 unspecified atom stereocenters. The molecular formula is C25H28N4O4. The Morgan fingerprint density at radius 1 is 1.15 bits per heavy atom. The van der Waals surface area contributed by atoms with Crippen molar-refractivity contribution in [3.05, 3.63) is 48.2 Å². The van der Waals surface area contributed by atoms with E-state index in [2.05, 4.69) is 26.7 Å². The Bertz CT molecular complexity index is 1150. The number of carbonyl (C=O) groups excluding carboxylic acids is 1. The van der Waals surface area contributed by atoms with Crippen molar-refractivity contribution in [2.75, 3.05) is 25.8 Å². The molecule has 5 rings (SSSR count). The maximum Gasteiger partial charge on any atom is 0.231 e. The van der Waals surface area contributed by atoms with Crippen molar-refractivity contribution >= 4 is 22.6 Å². The number of fused-ring (bicyclic) bond motifs is 2. The summed E-state index contributed by atoms with van der Waals surface area (Å²) < 4.78 is 16.1. The summed E-state index contributed by atoms with van der Waals surface area (Å²) in [6.07, 6.45) is 5.66. The molecule has 1 saturated carbocycles. The van der Waals surface area contributed by atoms with Gasteiger partial charge in [-0.3, -0.25) is 9.78 Å². The lowest BCUT2D eigenvalue weighted by molar-refractivity contribution is -0.121. The molecule has 0 saturated heterocycles. The van der Waals surface area contributed by atoms with Gasteiger partial charge in [0.15, 0.2) is 11.5 Å². The predicted molar refractivity (Wildman–Crippen MR) is 124 cm³/mol. The van der Waals surface area contributed by atoms with Gasteiger partial charge in [0, 0.05) is 24.7 Å². The van der Waals surface area contributed by atoms with E-state index in [4.69, 9.17) is 14.2 Å². The fourth-order valence-corrected chi connectivity index (χ4v) is 4.64. The van der Waals surface area contributed by atoms with E-state index in [0.717, 1.165) is 61.4 Å². The van der Waals surface area contributed by atoms with Crippen molar-refractivity contribution in [3.8, 4) is 17.4 Å². The van der Waals surface area contributed by atoms with E-state index in [0.29, 0.717) is 23.0 Å². The number of benzene rings is 1. The Hall–Kier alpha value is -3.39. The van der Waals surface area contributed by atoms with Crippen LogP contribution >= 0.6 is 0 Å². The minimum absolute atomic E-state index is 0.00934. The van der Waals surface area contributed by atoms with E-state index in [-0.39, 0.29) is 18.6 Å². The number of anilines is 1. The van der Waals surface area contributed by atoms with Crippen LogP contribution in [0.15, 0.2) is 42.6 Å². The molecule has 3 aromatic rings. The number of nitrogens with one attached hydrogen (secondary N) is 2. The van der Waals surface area contributed by atoms with Gasteiger partial charge in [0.2, 0.25) is 18.6 Å². The molecule has 172 valence electrons. The highest BCUT2D eigenvalue weighted by Crippen LogP contribution is 2.33. The molecule has 1 amide bonds. The molecule has 1 fully saturated rings. The summed E-state index contributed by atoms with van der Waals surface area (Å²) >= 11 is 0. The Kier molecular flexibility index (Phi) is 6.26. The average Bonchev–Trinajstić information content (AvgIpc) is 3.32. The SMILES string of the molecule is COc1ccc2nccc(NC(=O)C3CCCC(CNCc4ccc5c(c4)OCO5)C3)c2n1. The number of hydrogen-bond acceptors (Lipinski definition) is 7. The molecule has 0 bridgehead atoms. The summed E-state index contributed by atoms with van der Waals surface area (Å²) in [7, 11) is 1.57. The lowest BCUT2D eigenvalue weighted by Gasteiger charge is -2.28. The van der Waals surface area contributed by atoms with E-state index < -0.39 is 0 Å². The van der Waals surface area contributed by atoms with Gasteiger partial charge >= 0.3 is 0 Å². The molecule has 2 aliphatic rings. The number of nitrogens with zero attached hydrogens (tertiary/aromatic N) is 2. The average molecular weight is 449 g/mol. The van der Waals surface area contributed by atoms with Crippen LogP contribution in [0.3, 0.4) is 0 Å². The predicted octanol–water partition coefficient (Wildman–Crippen LogP) is 3.90. The van der Waals surface area contributed by atoms with Gasteiger partial charge in [-0.05, 0) is 61.6 Å². The van der Waals surface area contributed by atoms with Crippen LogP contribution in [-0.4, -0.2) is 36.3 Å². The van der Waals surface area contributed by atoms with E-state index in [1.807, 2.05) is 18.2 Å². The molecule has 2 aromatic heterocycles. The highest BCUT2D eigenvalue weighted by Gasteiger charge is 2.27. The first-order valence-corrected chi connectivity index (χ1v) is 11.4.